The third-order valence-electron chi connectivity index (χ3n) is 7.45. The van der Waals surface area contributed by atoms with Crippen molar-refractivity contribution in [2.24, 2.45) is 5.92 Å². The number of carbonyl (C=O) groups is 2. The molecule has 2 aliphatic rings. The lowest BCUT2D eigenvalue weighted by Crippen LogP contribution is -2.41. The van der Waals surface area contributed by atoms with E-state index in [9.17, 15) is 19.1 Å². The lowest BCUT2D eigenvalue weighted by molar-refractivity contribution is -0.133. The van der Waals surface area contributed by atoms with Crippen molar-refractivity contribution in [1.29, 1.82) is 0 Å². The number of hydrogen-bond donors (Lipinski definition) is 1. The van der Waals surface area contributed by atoms with Crippen molar-refractivity contribution in [3.05, 3.63) is 113 Å². The minimum atomic E-state index is -0.990. The highest BCUT2D eigenvalue weighted by molar-refractivity contribution is 6.31. The third kappa shape index (κ3) is 4.27. The summed E-state index contributed by atoms with van der Waals surface area (Å²) in [6.07, 6.45) is 6.83. The molecule has 1 N–H and O–H groups in total. The number of aromatic nitrogens is 2. The number of nitrogens with zero attached hydrogens (tertiary/aromatic N) is 4. The molecule has 3 aromatic carbocycles. The molecule has 3 heterocycles. The fraction of sp³-hybridized carbons (Fsp3) is 0.167. The number of aliphatic carboxylic acids is 1. The van der Waals surface area contributed by atoms with E-state index in [0.717, 1.165) is 22.2 Å². The Hall–Kier alpha value is -4.43. The number of allylic oxidation sites excluding steroid dienone is 2. The summed E-state index contributed by atoms with van der Waals surface area (Å²) in [4.78, 5) is 29.3. The van der Waals surface area contributed by atoms with Gasteiger partial charge in [-0.2, -0.15) is 5.10 Å². The molecule has 0 spiro atoms. The van der Waals surface area contributed by atoms with Crippen LogP contribution in [-0.4, -0.2) is 44.3 Å². The minimum absolute atomic E-state index is 0.0879. The monoisotopic (exact) mass is 542 g/mol. The fourth-order valence-electron chi connectivity index (χ4n) is 5.60. The molecule has 1 fully saturated rings. The SMILES string of the molecule is CC1C(=O)N(c2ccc3c(cnn3-c3ccc(F)cc3)c2)C(c2ccccc2Cl)C1N1C=CC=C(C(=O)O)C1. The summed E-state index contributed by atoms with van der Waals surface area (Å²) < 4.78 is 15.2. The average molecular weight is 543 g/mol. The third-order valence-corrected chi connectivity index (χ3v) is 7.80. The fourth-order valence-corrected chi connectivity index (χ4v) is 5.84. The van der Waals surface area contributed by atoms with Crippen molar-refractivity contribution < 1.29 is 19.1 Å². The Labute approximate surface area is 229 Å². The van der Waals surface area contributed by atoms with E-state index in [-0.39, 0.29) is 29.9 Å². The van der Waals surface area contributed by atoms with Crippen molar-refractivity contribution in [1.82, 2.24) is 14.7 Å². The number of fused-ring (bicyclic) bond motifs is 1. The van der Waals surface area contributed by atoms with Crippen LogP contribution in [-0.2, 0) is 9.59 Å². The summed E-state index contributed by atoms with van der Waals surface area (Å²) in [5.74, 6) is -1.85. The number of carboxylic acids is 1. The number of halogens is 2. The van der Waals surface area contributed by atoms with Gasteiger partial charge < -0.3 is 14.9 Å². The predicted octanol–water partition coefficient (Wildman–Crippen LogP) is 5.75. The normalized spacial score (nSPS) is 21.1. The van der Waals surface area contributed by atoms with Gasteiger partial charge in [0.05, 0.1) is 41.0 Å². The van der Waals surface area contributed by atoms with Crippen LogP contribution < -0.4 is 4.90 Å². The molecule has 1 aromatic heterocycles. The number of carbonyl (C=O) groups excluding carboxylic acids is 1. The highest BCUT2D eigenvalue weighted by Gasteiger charge is 2.50. The first-order valence-corrected chi connectivity index (χ1v) is 12.9. The van der Waals surface area contributed by atoms with Gasteiger partial charge in [-0.3, -0.25) is 4.79 Å². The zero-order valence-corrected chi connectivity index (χ0v) is 21.7. The van der Waals surface area contributed by atoms with Crippen LogP contribution in [0.25, 0.3) is 16.6 Å². The molecule has 0 bridgehead atoms. The molecule has 1 saturated heterocycles. The maximum atomic E-state index is 13.9. The van der Waals surface area contributed by atoms with E-state index in [0.29, 0.717) is 10.7 Å². The molecule has 196 valence electrons. The van der Waals surface area contributed by atoms with Crippen LogP contribution in [0.5, 0.6) is 0 Å². The molecule has 6 rings (SSSR count). The maximum Gasteiger partial charge on any atom is 0.333 e. The number of amides is 1. The van der Waals surface area contributed by atoms with Crippen LogP contribution in [0.3, 0.4) is 0 Å². The van der Waals surface area contributed by atoms with Crippen LogP contribution in [0.15, 0.2) is 96.9 Å². The summed E-state index contributed by atoms with van der Waals surface area (Å²) in [5.41, 5.74) is 3.25. The Balaban J connectivity index is 1.44. The van der Waals surface area contributed by atoms with Crippen molar-refractivity contribution >= 4 is 40.1 Å². The summed E-state index contributed by atoms with van der Waals surface area (Å²) >= 11 is 6.69. The zero-order chi connectivity index (χ0) is 27.3. The van der Waals surface area contributed by atoms with Gasteiger partial charge in [0.15, 0.2) is 0 Å². The number of rotatable bonds is 5. The van der Waals surface area contributed by atoms with Gasteiger partial charge in [0.25, 0.3) is 0 Å². The molecule has 3 atom stereocenters. The summed E-state index contributed by atoms with van der Waals surface area (Å²) in [5, 5.41) is 15.5. The first-order chi connectivity index (χ1) is 18.8. The van der Waals surface area contributed by atoms with E-state index in [1.165, 1.54) is 12.1 Å². The number of anilines is 1. The topological polar surface area (TPSA) is 78.7 Å². The predicted molar refractivity (Wildman–Crippen MR) is 147 cm³/mol. The van der Waals surface area contributed by atoms with Gasteiger partial charge >= 0.3 is 5.97 Å². The van der Waals surface area contributed by atoms with Crippen LogP contribution in [0.2, 0.25) is 5.02 Å². The summed E-state index contributed by atoms with van der Waals surface area (Å²) in [6, 6.07) is 18.3. The van der Waals surface area contributed by atoms with E-state index in [1.54, 1.807) is 46.1 Å². The van der Waals surface area contributed by atoms with Gasteiger partial charge in [0.1, 0.15) is 5.82 Å². The Morgan fingerprint density at radius 3 is 2.56 bits per heavy atom. The van der Waals surface area contributed by atoms with Gasteiger partial charge in [-0.25, -0.2) is 13.9 Å². The molecule has 39 heavy (non-hydrogen) atoms. The zero-order valence-electron chi connectivity index (χ0n) is 20.9. The molecule has 0 aliphatic carbocycles. The first-order valence-electron chi connectivity index (χ1n) is 12.5. The molecule has 0 saturated carbocycles. The Morgan fingerprint density at radius 2 is 1.82 bits per heavy atom. The van der Waals surface area contributed by atoms with Crippen LogP contribution in [0, 0.1) is 11.7 Å². The second kappa shape index (κ2) is 9.71. The van der Waals surface area contributed by atoms with Crippen LogP contribution in [0.1, 0.15) is 18.5 Å². The standard InChI is InChI=1S/C30H24ClFN4O3/c1-18-27(34-14-4-5-19(17-34)30(38)39)28(24-6-2-3-7-25(24)31)35(29(18)37)23-12-13-26-20(15-23)16-33-36(26)22-10-8-21(32)9-11-22/h2-16,18,27-28H,17H2,1H3,(H,38,39). The quantitative estimate of drug-likeness (QED) is 0.347. The van der Waals surface area contributed by atoms with Crippen molar-refractivity contribution in [3.63, 3.8) is 0 Å². The first kappa shape index (κ1) is 24.9. The molecule has 7 nitrogen and oxygen atoms in total. The highest BCUT2D eigenvalue weighted by Crippen LogP contribution is 2.45. The van der Waals surface area contributed by atoms with E-state index in [1.807, 2.05) is 54.4 Å². The molecule has 0 radical (unpaired) electrons. The molecule has 9 heteroatoms. The molecule has 4 aromatic rings. The minimum Gasteiger partial charge on any atom is -0.478 e. The maximum absolute atomic E-state index is 13.9. The second-order valence-electron chi connectivity index (χ2n) is 9.74. The van der Waals surface area contributed by atoms with Gasteiger partial charge in [-0.05, 0) is 72.4 Å². The lowest BCUT2D eigenvalue weighted by atomic mass is 9.92. The Morgan fingerprint density at radius 1 is 1.08 bits per heavy atom. The lowest BCUT2D eigenvalue weighted by Gasteiger charge is -2.37. The largest absolute Gasteiger partial charge is 0.478 e. The number of carboxylic acid groups (broad SMARTS) is 1. The molecule has 2 aliphatic heterocycles. The van der Waals surface area contributed by atoms with Crippen molar-refractivity contribution in [2.45, 2.75) is 19.0 Å². The van der Waals surface area contributed by atoms with Crippen molar-refractivity contribution in [3.8, 4) is 5.69 Å². The second-order valence-corrected chi connectivity index (χ2v) is 10.1. The summed E-state index contributed by atoms with van der Waals surface area (Å²) in [6.45, 7) is 2.04. The highest BCUT2D eigenvalue weighted by atomic mass is 35.5. The van der Waals surface area contributed by atoms with E-state index < -0.39 is 17.9 Å². The average Bonchev–Trinajstić information content (AvgIpc) is 3.47. The Kier molecular flexibility index (Phi) is 6.19. The van der Waals surface area contributed by atoms with E-state index >= 15 is 0 Å². The van der Waals surface area contributed by atoms with Crippen LogP contribution in [0.4, 0.5) is 10.1 Å². The van der Waals surface area contributed by atoms with Gasteiger partial charge in [0.2, 0.25) is 5.91 Å². The molecule has 3 unspecified atom stereocenters. The summed E-state index contributed by atoms with van der Waals surface area (Å²) in [7, 11) is 0. The molecular formula is C30H24ClFN4O3. The smallest absolute Gasteiger partial charge is 0.333 e. The van der Waals surface area contributed by atoms with Gasteiger partial charge in [0, 0.05) is 22.6 Å². The van der Waals surface area contributed by atoms with Gasteiger partial charge in [-0.1, -0.05) is 36.7 Å². The molecular weight excluding hydrogens is 519 g/mol. The van der Waals surface area contributed by atoms with Gasteiger partial charge in [-0.15, -0.1) is 0 Å². The number of benzene rings is 3. The van der Waals surface area contributed by atoms with E-state index in [2.05, 4.69) is 5.10 Å². The number of hydrogen-bond acceptors (Lipinski definition) is 4. The van der Waals surface area contributed by atoms with E-state index in [4.69, 9.17) is 11.6 Å². The Bertz CT molecular complexity index is 1660. The van der Waals surface area contributed by atoms with Crippen molar-refractivity contribution in [2.75, 3.05) is 11.4 Å². The van der Waals surface area contributed by atoms with Crippen LogP contribution >= 0.6 is 11.6 Å². The molecule has 1 amide bonds.